The zero-order valence-corrected chi connectivity index (χ0v) is 16.3. The Kier molecular flexibility index (Phi) is 4.74. The number of nitrogens with one attached hydrogen (secondary N) is 1. The molecule has 4 heteroatoms. The largest absolute Gasteiger partial charge is 0.422 e. The van der Waals surface area contributed by atoms with Gasteiger partial charge in [0, 0.05) is 11.8 Å². The van der Waals surface area contributed by atoms with Gasteiger partial charge in [0.2, 0.25) is 0 Å². The Balaban J connectivity index is 1.58. The summed E-state index contributed by atoms with van der Waals surface area (Å²) in [5.74, 6) is 0. The molecule has 5 rings (SSSR count). The summed E-state index contributed by atoms with van der Waals surface area (Å²) in [6, 6.07) is 27.5. The number of rotatable bonds is 3. The molecule has 30 heavy (non-hydrogen) atoms. The third-order valence-corrected chi connectivity index (χ3v) is 5.19. The summed E-state index contributed by atoms with van der Waals surface area (Å²) in [5.41, 5.74) is 4.33. The van der Waals surface area contributed by atoms with Crippen LogP contribution in [0.4, 0.5) is 11.4 Å². The van der Waals surface area contributed by atoms with Gasteiger partial charge in [-0.15, -0.1) is 0 Å². The molecule has 1 N–H and O–H groups in total. The van der Waals surface area contributed by atoms with Crippen molar-refractivity contribution in [1.29, 1.82) is 0 Å². The third-order valence-electron chi connectivity index (χ3n) is 5.19. The molecular weight excluding hydrogens is 372 g/mol. The summed E-state index contributed by atoms with van der Waals surface area (Å²) in [6.45, 7) is 0. The van der Waals surface area contributed by atoms with Gasteiger partial charge in [0.05, 0.1) is 28.7 Å². The molecule has 3 aromatic carbocycles. The van der Waals surface area contributed by atoms with Crippen molar-refractivity contribution in [2.45, 2.75) is 12.5 Å². The first-order valence-corrected chi connectivity index (χ1v) is 9.96. The van der Waals surface area contributed by atoms with Crippen LogP contribution < -0.4 is 10.9 Å². The fourth-order valence-electron chi connectivity index (χ4n) is 3.68. The molecule has 1 aliphatic rings. The maximum absolute atomic E-state index is 12.8. The van der Waals surface area contributed by atoms with Gasteiger partial charge in [0.15, 0.2) is 0 Å². The van der Waals surface area contributed by atoms with Gasteiger partial charge in [-0.2, -0.15) is 0 Å². The molecule has 1 atom stereocenters. The lowest BCUT2D eigenvalue weighted by Gasteiger charge is -2.15. The predicted octanol–water partition coefficient (Wildman–Crippen LogP) is 5.81. The summed E-state index contributed by atoms with van der Waals surface area (Å²) in [7, 11) is 0. The molecule has 1 aromatic heterocycles. The van der Waals surface area contributed by atoms with Crippen LogP contribution in [0.2, 0.25) is 0 Å². The number of anilines is 1. The fourth-order valence-corrected chi connectivity index (χ4v) is 3.68. The van der Waals surface area contributed by atoms with Crippen LogP contribution in [0.5, 0.6) is 0 Å². The molecule has 146 valence electrons. The number of benzene rings is 3. The van der Waals surface area contributed by atoms with E-state index in [9.17, 15) is 4.79 Å². The number of aliphatic imine (C=N–C) groups is 1. The normalized spacial score (nSPS) is 16.0. The summed E-state index contributed by atoms with van der Waals surface area (Å²) in [4.78, 5) is 17.6. The minimum absolute atomic E-state index is 0.0153. The van der Waals surface area contributed by atoms with Crippen LogP contribution >= 0.6 is 0 Å². The number of nitrogens with zero attached hydrogens (tertiary/aromatic N) is 1. The van der Waals surface area contributed by atoms with Crippen LogP contribution in [0.1, 0.15) is 17.5 Å². The van der Waals surface area contributed by atoms with E-state index in [1.807, 2.05) is 66.7 Å². The molecule has 0 spiro atoms. The highest BCUT2D eigenvalue weighted by Crippen LogP contribution is 2.30. The molecule has 0 radical (unpaired) electrons. The summed E-state index contributed by atoms with van der Waals surface area (Å²) < 4.78 is 5.56. The molecule has 2 heterocycles. The molecular formula is C26H20N2O2. The van der Waals surface area contributed by atoms with E-state index in [0.717, 1.165) is 28.0 Å². The predicted molar refractivity (Wildman–Crippen MR) is 123 cm³/mol. The van der Waals surface area contributed by atoms with E-state index in [1.54, 1.807) is 6.07 Å². The Morgan fingerprint density at radius 2 is 1.70 bits per heavy atom. The van der Waals surface area contributed by atoms with Crippen molar-refractivity contribution >= 4 is 34.1 Å². The molecule has 0 bridgehead atoms. The quantitative estimate of drug-likeness (QED) is 0.448. The van der Waals surface area contributed by atoms with E-state index < -0.39 is 0 Å². The Morgan fingerprint density at radius 1 is 0.933 bits per heavy atom. The Morgan fingerprint density at radius 3 is 2.60 bits per heavy atom. The summed E-state index contributed by atoms with van der Waals surface area (Å²) in [5, 5.41) is 4.44. The summed E-state index contributed by atoms with van der Waals surface area (Å²) >= 11 is 0. The van der Waals surface area contributed by atoms with E-state index >= 15 is 0 Å². The van der Waals surface area contributed by atoms with E-state index in [0.29, 0.717) is 17.6 Å². The van der Waals surface area contributed by atoms with E-state index in [4.69, 9.17) is 9.41 Å². The lowest BCUT2D eigenvalue weighted by Crippen LogP contribution is -2.23. The van der Waals surface area contributed by atoms with Crippen LogP contribution in [-0.2, 0) is 0 Å². The van der Waals surface area contributed by atoms with Crippen molar-refractivity contribution in [1.82, 2.24) is 0 Å². The second kappa shape index (κ2) is 7.84. The van der Waals surface area contributed by atoms with Crippen LogP contribution in [0, 0.1) is 0 Å². The molecule has 0 saturated heterocycles. The van der Waals surface area contributed by atoms with Crippen LogP contribution in [-0.4, -0.2) is 11.8 Å². The highest BCUT2D eigenvalue weighted by molar-refractivity contribution is 6.05. The zero-order valence-electron chi connectivity index (χ0n) is 16.3. The lowest BCUT2D eigenvalue weighted by molar-refractivity contribution is 0.559. The van der Waals surface area contributed by atoms with Crippen molar-refractivity contribution in [2.75, 3.05) is 5.32 Å². The monoisotopic (exact) mass is 392 g/mol. The average Bonchev–Trinajstić information content (AvgIpc) is 2.97. The van der Waals surface area contributed by atoms with Gasteiger partial charge >= 0.3 is 5.63 Å². The summed E-state index contributed by atoms with van der Waals surface area (Å²) in [6.07, 6.45) is 4.78. The second-order valence-corrected chi connectivity index (χ2v) is 7.29. The molecule has 0 amide bonds. The Bertz CT molecular complexity index is 1320. The van der Waals surface area contributed by atoms with Gasteiger partial charge < -0.3 is 9.73 Å². The Labute approximate surface area is 174 Å². The van der Waals surface area contributed by atoms with E-state index in [1.165, 1.54) is 0 Å². The molecule has 0 aliphatic carbocycles. The molecule has 4 aromatic rings. The standard InChI is InChI=1S/C26H20N2O2/c29-26-21(16-19-10-4-7-13-25(19)30-26)24-17-20(15-14-18-8-2-1-3-9-18)27-22-11-5-6-12-23(22)28-24/h1-16,20,27H,17H2/b15-14+. The van der Waals surface area contributed by atoms with E-state index in [-0.39, 0.29) is 11.7 Å². The molecule has 0 fully saturated rings. The van der Waals surface area contributed by atoms with Gasteiger partial charge in [0.25, 0.3) is 0 Å². The number of hydrogen-bond acceptors (Lipinski definition) is 4. The Hall–Kier alpha value is -3.92. The maximum atomic E-state index is 12.8. The van der Waals surface area contributed by atoms with E-state index in [2.05, 4.69) is 29.6 Å². The van der Waals surface area contributed by atoms with Crippen molar-refractivity contribution in [2.24, 2.45) is 4.99 Å². The van der Waals surface area contributed by atoms with Crippen LogP contribution in [0.15, 0.2) is 105 Å². The third kappa shape index (κ3) is 3.67. The van der Waals surface area contributed by atoms with Gasteiger partial charge in [0.1, 0.15) is 5.58 Å². The average molecular weight is 392 g/mol. The molecule has 0 saturated carbocycles. The minimum atomic E-state index is -0.363. The highest BCUT2D eigenvalue weighted by atomic mass is 16.4. The lowest BCUT2D eigenvalue weighted by atomic mass is 10.0. The van der Waals surface area contributed by atoms with Crippen LogP contribution in [0.3, 0.4) is 0 Å². The van der Waals surface area contributed by atoms with Gasteiger partial charge in [-0.05, 0) is 29.8 Å². The first-order valence-electron chi connectivity index (χ1n) is 9.96. The highest BCUT2D eigenvalue weighted by Gasteiger charge is 2.20. The topological polar surface area (TPSA) is 54.6 Å². The number of hydrogen-bond donors (Lipinski definition) is 1. The van der Waals surface area contributed by atoms with Gasteiger partial charge in [-0.3, -0.25) is 4.99 Å². The van der Waals surface area contributed by atoms with Gasteiger partial charge in [-0.1, -0.05) is 72.8 Å². The minimum Gasteiger partial charge on any atom is -0.422 e. The SMILES string of the molecule is O=c1oc2ccccc2cc1C1=Nc2ccccc2NC(/C=C/c2ccccc2)C1. The van der Waals surface area contributed by atoms with Crippen molar-refractivity contribution in [3.05, 3.63) is 113 Å². The molecule has 1 unspecified atom stereocenters. The number of fused-ring (bicyclic) bond motifs is 2. The molecule has 1 aliphatic heterocycles. The maximum Gasteiger partial charge on any atom is 0.345 e. The van der Waals surface area contributed by atoms with Crippen molar-refractivity contribution in [3.8, 4) is 0 Å². The van der Waals surface area contributed by atoms with Crippen molar-refractivity contribution in [3.63, 3.8) is 0 Å². The molecule has 4 nitrogen and oxygen atoms in total. The first-order chi connectivity index (χ1) is 14.8. The van der Waals surface area contributed by atoms with Gasteiger partial charge in [-0.25, -0.2) is 4.79 Å². The number of para-hydroxylation sites is 3. The fraction of sp³-hybridized carbons (Fsp3) is 0.0769. The second-order valence-electron chi connectivity index (χ2n) is 7.29. The first kappa shape index (κ1) is 18.1. The zero-order chi connectivity index (χ0) is 20.3. The smallest absolute Gasteiger partial charge is 0.345 e. The van der Waals surface area contributed by atoms with Crippen molar-refractivity contribution < 1.29 is 4.42 Å². The van der Waals surface area contributed by atoms with Crippen LogP contribution in [0.25, 0.3) is 17.0 Å².